The van der Waals surface area contributed by atoms with Crippen molar-refractivity contribution in [2.45, 2.75) is 35.1 Å². The number of benzene rings is 1. The number of nitrogens with one attached hydrogen (secondary N) is 1. The lowest BCUT2D eigenvalue weighted by molar-refractivity contribution is -0.115. The van der Waals surface area contributed by atoms with Gasteiger partial charge in [0.2, 0.25) is 21.1 Å². The van der Waals surface area contributed by atoms with Gasteiger partial charge < -0.3 is 11.2 Å². The zero-order valence-electron chi connectivity index (χ0n) is 16.8. The third-order valence-corrected chi connectivity index (χ3v) is 8.72. The van der Waals surface area contributed by atoms with Gasteiger partial charge in [-0.05, 0) is 55.5 Å². The highest BCUT2D eigenvalue weighted by atomic mass is 32.2. The molecule has 3 N–H and O–H groups in total. The molecule has 1 atom stereocenters. The van der Waals surface area contributed by atoms with Crippen LogP contribution in [0.15, 0.2) is 51.8 Å². The fourth-order valence-corrected chi connectivity index (χ4v) is 6.17. The van der Waals surface area contributed by atoms with Gasteiger partial charge in [-0.25, -0.2) is 13.1 Å². The molecule has 164 valence electrons. The van der Waals surface area contributed by atoms with Crippen LogP contribution in [0, 0.1) is 0 Å². The van der Waals surface area contributed by atoms with Crippen LogP contribution in [0.5, 0.6) is 0 Å². The van der Waals surface area contributed by atoms with Crippen LogP contribution in [0.4, 0.5) is 5.69 Å². The number of hydrogen-bond acceptors (Lipinski definition) is 8. The summed E-state index contributed by atoms with van der Waals surface area (Å²) in [7, 11) is -3.48. The van der Waals surface area contributed by atoms with Crippen LogP contribution in [0.25, 0.3) is 10.7 Å². The van der Waals surface area contributed by atoms with Crippen molar-refractivity contribution in [2.75, 3.05) is 24.2 Å². The van der Waals surface area contributed by atoms with E-state index in [1.165, 1.54) is 44.2 Å². The summed E-state index contributed by atoms with van der Waals surface area (Å²) < 4.78 is 28.1. The van der Waals surface area contributed by atoms with Crippen LogP contribution in [-0.4, -0.2) is 51.8 Å². The van der Waals surface area contributed by atoms with Gasteiger partial charge in [0.15, 0.2) is 5.82 Å². The lowest BCUT2D eigenvalue weighted by atomic mass is 10.3. The molecule has 0 spiro atoms. The zero-order chi connectivity index (χ0) is 22.0. The molecule has 1 amide bonds. The average Bonchev–Trinajstić information content (AvgIpc) is 3.51. The number of thiophene rings is 1. The Hall–Kier alpha value is -2.41. The zero-order valence-corrected chi connectivity index (χ0v) is 19.2. The first kappa shape index (κ1) is 21.8. The van der Waals surface area contributed by atoms with Crippen LogP contribution in [0.1, 0.15) is 19.8 Å². The standard InChI is InChI=1S/C19H22N6O3S3/c1-13(30-19-23-22-17(25(19)20)16-5-4-12-29-16)18(26)21-14-6-8-15(9-7-14)31(27,28)24-10-2-3-11-24/h4-9,12-13H,2-3,10-11,20H2,1H3,(H,21,26). The molecule has 0 bridgehead atoms. The minimum Gasteiger partial charge on any atom is -0.335 e. The largest absolute Gasteiger partial charge is 0.335 e. The lowest BCUT2D eigenvalue weighted by Crippen LogP contribution is -2.28. The predicted molar refractivity (Wildman–Crippen MR) is 122 cm³/mol. The Morgan fingerprint density at radius 1 is 1.19 bits per heavy atom. The lowest BCUT2D eigenvalue weighted by Gasteiger charge is -2.16. The van der Waals surface area contributed by atoms with Gasteiger partial charge in [-0.1, -0.05) is 17.8 Å². The second-order valence-corrected chi connectivity index (χ2v) is 11.2. The highest BCUT2D eigenvalue weighted by Gasteiger charge is 2.27. The number of nitrogens with two attached hydrogens (primary N) is 1. The van der Waals surface area contributed by atoms with Crippen LogP contribution in [0.3, 0.4) is 0 Å². The van der Waals surface area contributed by atoms with Crippen LogP contribution >= 0.6 is 23.1 Å². The summed E-state index contributed by atoms with van der Waals surface area (Å²) in [5, 5.41) is 12.9. The maximum Gasteiger partial charge on any atom is 0.243 e. The van der Waals surface area contributed by atoms with Crippen LogP contribution in [-0.2, 0) is 14.8 Å². The van der Waals surface area contributed by atoms with Crippen molar-refractivity contribution in [3.8, 4) is 10.7 Å². The SMILES string of the molecule is CC(Sc1nnc(-c2cccs2)n1N)C(=O)Nc1ccc(S(=O)(=O)N2CCCC2)cc1. The van der Waals surface area contributed by atoms with Gasteiger partial charge in [0.1, 0.15) is 0 Å². The first-order valence-electron chi connectivity index (χ1n) is 9.68. The number of rotatable bonds is 7. The highest BCUT2D eigenvalue weighted by Crippen LogP contribution is 2.28. The van der Waals surface area contributed by atoms with E-state index in [0.717, 1.165) is 17.7 Å². The molecular formula is C19H22N6O3S3. The van der Waals surface area contributed by atoms with E-state index in [4.69, 9.17) is 5.84 Å². The summed E-state index contributed by atoms with van der Waals surface area (Å²) in [4.78, 5) is 13.7. The molecule has 3 aromatic rings. The van der Waals surface area contributed by atoms with Gasteiger partial charge in [0, 0.05) is 18.8 Å². The Bertz CT molecular complexity index is 1150. The second kappa shape index (κ2) is 8.99. The molecule has 1 fully saturated rings. The summed E-state index contributed by atoms with van der Waals surface area (Å²) in [6.07, 6.45) is 1.77. The van der Waals surface area contributed by atoms with Gasteiger partial charge in [0.25, 0.3) is 0 Å². The molecule has 1 unspecified atom stereocenters. The molecule has 3 heterocycles. The Morgan fingerprint density at radius 3 is 2.55 bits per heavy atom. The smallest absolute Gasteiger partial charge is 0.243 e. The molecule has 0 aliphatic carbocycles. The minimum absolute atomic E-state index is 0.229. The number of nitrogens with zero attached hydrogens (tertiary/aromatic N) is 4. The molecule has 1 aromatic carbocycles. The van der Waals surface area contributed by atoms with E-state index < -0.39 is 15.3 Å². The van der Waals surface area contributed by atoms with Gasteiger partial charge in [-0.2, -0.15) is 4.31 Å². The molecule has 2 aromatic heterocycles. The van der Waals surface area contributed by atoms with Crippen molar-refractivity contribution in [3.63, 3.8) is 0 Å². The second-order valence-electron chi connectivity index (χ2n) is 7.04. The summed E-state index contributed by atoms with van der Waals surface area (Å²) >= 11 is 2.70. The molecule has 31 heavy (non-hydrogen) atoms. The average molecular weight is 479 g/mol. The minimum atomic E-state index is -3.48. The molecular weight excluding hydrogens is 456 g/mol. The Balaban J connectivity index is 1.39. The number of sulfonamides is 1. The Morgan fingerprint density at radius 2 is 1.90 bits per heavy atom. The Labute approximate surface area is 188 Å². The van der Waals surface area contributed by atoms with E-state index in [1.807, 2.05) is 17.5 Å². The van der Waals surface area contributed by atoms with Gasteiger partial charge in [-0.15, -0.1) is 21.5 Å². The third-order valence-electron chi connectivity index (χ3n) is 4.88. The van der Waals surface area contributed by atoms with Gasteiger partial charge in [-0.3, -0.25) is 4.79 Å². The van der Waals surface area contributed by atoms with Crippen molar-refractivity contribution in [3.05, 3.63) is 41.8 Å². The van der Waals surface area contributed by atoms with Crippen molar-refractivity contribution in [1.82, 2.24) is 19.2 Å². The van der Waals surface area contributed by atoms with E-state index in [2.05, 4.69) is 15.5 Å². The van der Waals surface area contributed by atoms with Crippen molar-refractivity contribution in [2.24, 2.45) is 0 Å². The van der Waals surface area contributed by atoms with Gasteiger partial charge >= 0.3 is 0 Å². The summed E-state index contributed by atoms with van der Waals surface area (Å²) in [6, 6.07) is 10.0. The monoisotopic (exact) mass is 478 g/mol. The molecule has 1 saturated heterocycles. The first-order valence-corrected chi connectivity index (χ1v) is 12.9. The molecule has 1 aliphatic rings. The molecule has 12 heteroatoms. The van der Waals surface area contributed by atoms with Crippen LogP contribution in [0.2, 0.25) is 0 Å². The van der Waals surface area contributed by atoms with E-state index in [0.29, 0.717) is 29.8 Å². The molecule has 0 radical (unpaired) electrons. The predicted octanol–water partition coefficient (Wildman–Crippen LogP) is 2.62. The van der Waals surface area contributed by atoms with Crippen molar-refractivity contribution < 1.29 is 13.2 Å². The number of nitrogen functional groups attached to an aromatic ring is 1. The Kier molecular flexibility index (Phi) is 6.32. The van der Waals surface area contributed by atoms with Crippen molar-refractivity contribution in [1.29, 1.82) is 0 Å². The number of amides is 1. The number of carbonyl (C=O) groups is 1. The van der Waals surface area contributed by atoms with E-state index in [-0.39, 0.29) is 10.8 Å². The number of hydrogen-bond donors (Lipinski definition) is 2. The highest BCUT2D eigenvalue weighted by molar-refractivity contribution is 8.00. The maximum atomic E-state index is 12.6. The first-order chi connectivity index (χ1) is 14.9. The van der Waals surface area contributed by atoms with Crippen LogP contribution < -0.4 is 11.2 Å². The van der Waals surface area contributed by atoms with E-state index in [1.54, 1.807) is 19.1 Å². The molecule has 4 rings (SSSR count). The summed E-state index contributed by atoms with van der Waals surface area (Å²) in [5.41, 5.74) is 0.520. The normalized spacial score (nSPS) is 15.8. The van der Waals surface area contributed by atoms with Gasteiger partial charge in [0.05, 0.1) is 15.0 Å². The number of thioether (sulfide) groups is 1. The maximum absolute atomic E-state index is 12.6. The van der Waals surface area contributed by atoms with E-state index >= 15 is 0 Å². The van der Waals surface area contributed by atoms with Crippen molar-refractivity contribution >= 4 is 44.7 Å². The molecule has 9 nitrogen and oxygen atoms in total. The number of anilines is 1. The summed E-state index contributed by atoms with van der Waals surface area (Å²) in [6.45, 7) is 2.84. The van der Waals surface area contributed by atoms with E-state index in [9.17, 15) is 13.2 Å². The number of carbonyl (C=O) groups excluding carboxylic acids is 1. The fourth-order valence-electron chi connectivity index (χ4n) is 3.17. The third kappa shape index (κ3) is 4.61. The number of aromatic nitrogens is 3. The molecule has 1 aliphatic heterocycles. The topological polar surface area (TPSA) is 123 Å². The quantitative estimate of drug-likeness (QED) is 0.395. The summed E-state index contributed by atoms with van der Waals surface area (Å²) in [5.74, 6) is 6.38. The fraction of sp³-hybridized carbons (Fsp3) is 0.316. The molecule has 0 saturated carbocycles.